The van der Waals surface area contributed by atoms with Crippen molar-refractivity contribution in [3.63, 3.8) is 0 Å². The number of fused-ring (bicyclic) bond motifs is 1. The van der Waals surface area contributed by atoms with Crippen molar-refractivity contribution in [1.29, 1.82) is 0 Å². The lowest BCUT2D eigenvalue weighted by molar-refractivity contribution is -0.116. The van der Waals surface area contributed by atoms with Crippen LogP contribution in [0.15, 0.2) is 45.8 Å². The Balaban J connectivity index is 1.48. The van der Waals surface area contributed by atoms with Gasteiger partial charge in [0, 0.05) is 18.2 Å². The number of anilines is 1. The topological polar surface area (TPSA) is 132 Å². The molecule has 28 heavy (non-hydrogen) atoms. The Bertz CT molecular complexity index is 965. The molecule has 0 unspecified atom stereocenters. The van der Waals surface area contributed by atoms with Gasteiger partial charge in [-0.3, -0.25) is 19.2 Å². The van der Waals surface area contributed by atoms with Gasteiger partial charge in [-0.1, -0.05) is 23.4 Å². The molecule has 0 atom stereocenters. The molecule has 0 bridgehead atoms. The number of ketones is 2. The molecule has 1 aromatic carbocycles. The van der Waals surface area contributed by atoms with Gasteiger partial charge in [0.25, 0.3) is 5.91 Å². The van der Waals surface area contributed by atoms with Crippen LogP contribution in [0.25, 0.3) is 0 Å². The number of unbranched alkanes of at least 4 members (excludes halogenated alkanes) is 1. The summed E-state index contributed by atoms with van der Waals surface area (Å²) < 4.78 is 4.78. The third-order valence-electron chi connectivity index (χ3n) is 3.98. The molecule has 1 aromatic heterocycles. The molecule has 8 nitrogen and oxygen atoms in total. The Morgan fingerprint density at radius 1 is 1.14 bits per heavy atom. The lowest BCUT2D eigenvalue weighted by Crippen LogP contribution is -2.20. The molecule has 1 aliphatic rings. The van der Waals surface area contributed by atoms with Gasteiger partial charge >= 0.3 is 0 Å². The Kier molecular flexibility index (Phi) is 6.05. The van der Waals surface area contributed by atoms with Crippen molar-refractivity contribution in [2.75, 3.05) is 11.1 Å². The molecule has 0 spiro atoms. The van der Waals surface area contributed by atoms with Crippen LogP contribution in [0.1, 0.15) is 50.7 Å². The molecule has 3 N–H and O–H groups in total. The number of benzene rings is 1. The Hall–Kier alpha value is -3.20. The van der Waals surface area contributed by atoms with Crippen LogP contribution in [0.3, 0.4) is 0 Å². The van der Waals surface area contributed by atoms with Crippen LogP contribution in [-0.2, 0) is 4.79 Å². The average Bonchev–Trinajstić information content (AvgIpc) is 3.12. The summed E-state index contributed by atoms with van der Waals surface area (Å²) in [6.45, 7) is 0. The standard InChI is InChI=1S/C19H17N3O5S/c20-19(26)16-15-17(25)13(10-12(23)18(15)27-22-16)28-9-5-4-8-14(24)21-11-6-2-1-3-7-11/h1-3,6-7,10H,4-5,8-9H2,(H2,20,26)(H,21,24). The molecule has 2 amide bonds. The second-order valence-corrected chi connectivity index (χ2v) is 7.16. The normalized spacial score (nSPS) is 13.1. The van der Waals surface area contributed by atoms with E-state index in [4.69, 9.17) is 10.3 Å². The van der Waals surface area contributed by atoms with Gasteiger partial charge in [0.2, 0.25) is 23.2 Å². The van der Waals surface area contributed by atoms with Gasteiger partial charge in [-0.05, 0) is 30.7 Å². The van der Waals surface area contributed by atoms with Crippen LogP contribution in [0.4, 0.5) is 5.69 Å². The Labute approximate surface area is 164 Å². The molecule has 2 aromatic rings. The number of hydrogen-bond donors (Lipinski definition) is 2. The number of amides is 2. The Morgan fingerprint density at radius 3 is 2.61 bits per heavy atom. The summed E-state index contributed by atoms with van der Waals surface area (Å²) in [6.07, 6.45) is 2.83. The molecular weight excluding hydrogens is 382 g/mol. The summed E-state index contributed by atoms with van der Waals surface area (Å²) in [7, 11) is 0. The van der Waals surface area contributed by atoms with Gasteiger partial charge in [0.1, 0.15) is 5.56 Å². The zero-order valence-electron chi connectivity index (χ0n) is 14.8. The van der Waals surface area contributed by atoms with E-state index in [2.05, 4.69) is 10.5 Å². The molecule has 144 valence electrons. The number of nitrogens with zero attached hydrogens (tertiary/aromatic N) is 1. The summed E-state index contributed by atoms with van der Waals surface area (Å²) in [5.41, 5.74) is 5.40. The first-order valence-corrected chi connectivity index (χ1v) is 9.54. The molecule has 9 heteroatoms. The number of nitrogens with one attached hydrogen (secondary N) is 1. The fourth-order valence-electron chi connectivity index (χ4n) is 2.63. The zero-order valence-corrected chi connectivity index (χ0v) is 15.6. The van der Waals surface area contributed by atoms with E-state index >= 15 is 0 Å². The lowest BCUT2D eigenvalue weighted by atomic mass is 10.00. The number of carbonyl (C=O) groups excluding carboxylic acids is 4. The number of allylic oxidation sites excluding steroid dienone is 2. The van der Waals surface area contributed by atoms with E-state index in [0.29, 0.717) is 25.0 Å². The third-order valence-corrected chi connectivity index (χ3v) is 5.08. The van der Waals surface area contributed by atoms with Crippen molar-refractivity contribution in [2.24, 2.45) is 5.73 Å². The van der Waals surface area contributed by atoms with Gasteiger partial charge in [0.15, 0.2) is 5.69 Å². The number of thioether (sulfide) groups is 1. The maximum absolute atomic E-state index is 12.5. The predicted molar refractivity (Wildman–Crippen MR) is 103 cm³/mol. The number of para-hydroxylation sites is 1. The average molecular weight is 399 g/mol. The first-order valence-electron chi connectivity index (χ1n) is 8.55. The fourth-order valence-corrected chi connectivity index (χ4v) is 3.62. The van der Waals surface area contributed by atoms with Crippen molar-refractivity contribution in [2.45, 2.75) is 19.3 Å². The van der Waals surface area contributed by atoms with Crippen molar-refractivity contribution < 1.29 is 23.7 Å². The summed E-state index contributed by atoms with van der Waals surface area (Å²) in [4.78, 5) is 48.0. The van der Waals surface area contributed by atoms with Crippen LogP contribution in [-0.4, -0.2) is 34.3 Å². The number of nitrogens with two attached hydrogens (primary N) is 1. The van der Waals surface area contributed by atoms with E-state index in [1.165, 1.54) is 17.8 Å². The third kappa shape index (κ3) is 4.37. The van der Waals surface area contributed by atoms with Crippen LogP contribution < -0.4 is 11.1 Å². The maximum atomic E-state index is 12.5. The number of primary amides is 1. The first kappa shape index (κ1) is 19.6. The Morgan fingerprint density at radius 2 is 1.89 bits per heavy atom. The number of rotatable bonds is 8. The summed E-state index contributed by atoms with van der Waals surface area (Å²) in [5, 5.41) is 6.22. The molecule has 0 saturated carbocycles. The van der Waals surface area contributed by atoms with Crippen LogP contribution in [0.5, 0.6) is 0 Å². The highest BCUT2D eigenvalue weighted by atomic mass is 32.2. The predicted octanol–water partition coefficient (Wildman–Crippen LogP) is 2.58. The van der Waals surface area contributed by atoms with Crippen molar-refractivity contribution in [1.82, 2.24) is 5.16 Å². The van der Waals surface area contributed by atoms with E-state index in [9.17, 15) is 19.2 Å². The van der Waals surface area contributed by atoms with Gasteiger partial charge in [-0.15, -0.1) is 11.8 Å². The van der Waals surface area contributed by atoms with E-state index in [1.807, 2.05) is 30.3 Å². The van der Waals surface area contributed by atoms with Gasteiger partial charge in [-0.25, -0.2) is 0 Å². The largest absolute Gasteiger partial charge is 0.364 e. The zero-order chi connectivity index (χ0) is 20.1. The minimum Gasteiger partial charge on any atom is -0.364 e. The van der Waals surface area contributed by atoms with E-state index in [0.717, 1.165) is 5.69 Å². The number of carbonyl (C=O) groups is 4. The second-order valence-electron chi connectivity index (χ2n) is 6.02. The maximum Gasteiger partial charge on any atom is 0.271 e. The van der Waals surface area contributed by atoms with Gasteiger partial charge in [0.05, 0.1) is 4.91 Å². The molecule has 3 rings (SSSR count). The highest BCUT2D eigenvalue weighted by molar-refractivity contribution is 8.04. The minimum absolute atomic E-state index is 0.0838. The molecule has 1 aliphatic carbocycles. The lowest BCUT2D eigenvalue weighted by Gasteiger charge is -2.10. The van der Waals surface area contributed by atoms with Crippen LogP contribution >= 0.6 is 11.8 Å². The van der Waals surface area contributed by atoms with E-state index in [-0.39, 0.29) is 27.8 Å². The van der Waals surface area contributed by atoms with Crippen molar-refractivity contribution >= 4 is 40.8 Å². The smallest absolute Gasteiger partial charge is 0.271 e. The van der Waals surface area contributed by atoms with E-state index in [1.54, 1.807) is 0 Å². The molecule has 0 saturated heterocycles. The molecular formula is C19H17N3O5S. The summed E-state index contributed by atoms with van der Waals surface area (Å²) in [6, 6.07) is 9.17. The molecule has 0 fully saturated rings. The van der Waals surface area contributed by atoms with Crippen molar-refractivity contribution in [3.8, 4) is 0 Å². The second kappa shape index (κ2) is 8.66. The minimum atomic E-state index is -0.929. The highest BCUT2D eigenvalue weighted by Crippen LogP contribution is 2.30. The summed E-state index contributed by atoms with van der Waals surface area (Å²) >= 11 is 1.19. The number of hydrogen-bond acceptors (Lipinski definition) is 7. The van der Waals surface area contributed by atoms with Gasteiger partial charge < -0.3 is 15.6 Å². The SMILES string of the molecule is NC(=O)c1noc2c1C(=O)C(SCCCCC(=O)Nc1ccccc1)=CC2=O. The van der Waals surface area contributed by atoms with Gasteiger partial charge in [-0.2, -0.15) is 0 Å². The van der Waals surface area contributed by atoms with E-state index < -0.39 is 17.5 Å². The monoisotopic (exact) mass is 399 g/mol. The van der Waals surface area contributed by atoms with Crippen molar-refractivity contribution in [3.05, 3.63) is 58.3 Å². The highest BCUT2D eigenvalue weighted by Gasteiger charge is 2.35. The number of aromatic nitrogens is 1. The molecule has 0 aliphatic heterocycles. The quantitative estimate of drug-likeness (QED) is 0.652. The number of Topliss-reactive ketones (excluding diaryl/α,β-unsaturated/α-hetero) is 1. The molecule has 1 heterocycles. The summed E-state index contributed by atoms with van der Waals surface area (Å²) in [5.74, 6) is -1.77. The fraction of sp³-hybridized carbons (Fsp3) is 0.211. The van der Waals surface area contributed by atoms with Crippen LogP contribution in [0.2, 0.25) is 0 Å². The first-order chi connectivity index (χ1) is 13.5. The molecule has 0 radical (unpaired) electrons. The van der Waals surface area contributed by atoms with Crippen LogP contribution in [0, 0.1) is 0 Å².